The molecule has 12 heavy (non-hydrogen) atoms. The summed E-state index contributed by atoms with van der Waals surface area (Å²) < 4.78 is 0. The Balaban J connectivity index is 3.40. The number of thioether (sulfide) groups is 1. The van der Waals surface area contributed by atoms with Crippen LogP contribution in [-0.2, 0) is 0 Å². The minimum atomic E-state index is -0.330. The van der Waals surface area contributed by atoms with Crippen molar-refractivity contribution < 1.29 is 4.79 Å². The molecule has 0 aliphatic carbocycles. The molecule has 4 nitrogen and oxygen atoms in total. The Morgan fingerprint density at radius 1 is 1.58 bits per heavy atom. The first-order valence-corrected chi connectivity index (χ1v) is 4.89. The smallest absolute Gasteiger partial charge is 0.320 e. The van der Waals surface area contributed by atoms with E-state index in [-0.39, 0.29) is 11.2 Å². The van der Waals surface area contributed by atoms with Gasteiger partial charge in [-0.05, 0) is 6.42 Å². The molecule has 0 spiro atoms. The molecule has 2 amide bonds. The summed E-state index contributed by atoms with van der Waals surface area (Å²) in [7, 11) is 1.53. The molecule has 0 aliphatic rings. The van der Waals surface area contributed by atoms with Gasteiger partial charge in [-0.1, -0.05) is 25.1 Å². The van der Waals surface area contributed by atoms with Crippen molar-refractivity contribution in [1.82, 2.24) is 10.6 Å². The van der Waals surface area contributed by atoms with Crippen LogP contribution in [0.4, 0.5) is 4.79 Å². The molecule has 0 aromatic heterocycles. The molecule has 0 aromatic rings. The van der Waals surface area contributed by atoms with E-state index in [1.165, 1.54) is 18.8 Å². The number of hydrogen-bond donors (Lipinski definition) is 3. The van der Waals surface area contributed by atoms with Gasteiger partial charge in [0.05, 0.1) is 0 Å². The van der Waals surface area contributed by atoms with E-state index in [1.807, 2.05) is 0 Å². The third-order valence-electron chi connectivity index (χ3n) is 1.20. The first-order chi connectivity index (χ1) is 5.70. The number of nitrogens with one attached hydrogen (secondary N) is 3. The second-order valence-corrected chi connectivity index (χ2v) is 3.34. The van der Waals surface area contributed by atoms with Crippen molar-refractivity contribution in [1.29, 1.82) is 5.41 Å². The first kappa shape index (κ1) is 11.3. The molecule has 0 unspecified atom stereocenters. The predicted octanol–water partition coefficient (Wildman–Crippen LogP) is 1.38. The summed E-state index contributed by atoms with van der Waals surface area (Å²) in [4.78, 5) is 10.7. The Kier molecular flexibility index (Phi) is 6.55. The molecule has 0 rings (SSSR count). The van der Waals surface area contributed by atoms with Crippen molar-refractivity contribution in [2.24, 2.45) is 0 Å². The fourth-order valence-corrected chi connectivity index (χ4v) is 1.32. The summed E-state index contributed by atoms with van der Waals surface area (Å²) >= 11 is 1.36. The zero-order valence-electron chi connectivity index (χ0n) is 7.44. The van der Waals surface area contributed by atoms with E-state index in [1.54, 1.807) is 0 Å². The number of amidine groups is 1. The second kappa shape index (κ2) is 6.97. The molecule has 0 saturated heterocycles. The van der Waals surface area contributed by atoms with Crippen molar-refractivity contribution in [3.05, 3.63) is 0 Å². The van der Waals surface area contributed by atoms with E-state index < -0.39 is 0 Å². The SMILES string of the molecule is CCCCSC(=N)NC(=O)NC. The van der Waals surface area contributed by atoms with Gasteiger partial charge in [-0.25, -0.2) is 4.79 Å². The molecule has 0 bridgehead atoms. The van der Waals surface area contributed by atoms with Crippen LogP contribution >= 0.6 is 11.8 Å². The maximum Gasteiger partial charge on any atom is 0.320 e. The van der Waals surface area contributed by atoms with Gasteiger partial charge >= 0.3 is 6.03 Å². The molecule has 0 aliphatic heterocycles. The normalized spacial score (nSPS) is 9.17. The van der Waals surface area contributed by atoms with E-state index in [2.05, 4.69) is 17.6 Å². The van der Waals surface area contributed by atoms with Crippen LogP contribution in [-0.4, -0.2) is 24.0 Å². The Bertz CT molecular complexity index is 161. The van der Waals surface area contributed by atoms with Crippen LogP contribution in [0, 0.1) is 5.41 Å². The molecule has 0 atom stereocenters. The van der Waals surface area contributed by atoms with Crippen molar-refractivity contribution in [2.75, 3.05) is 12.8 Å². The van der Waals surface area contributed by atoms with Crippen molar-refractivity contribution in [3.8, 4) is 0 Å². The van der Waals surface area contributed by atoms with Gasteiger partial charge in [0.1, 0.15) is 0 Å². The maximum absolute atomic E-state index is 10.7. The van der Waals surface area contributed by atoms with Crippen LogP contribution in [0.15, 0.2) is 0 Å². The topological polar surface area (TPSA) is 65.0 Å². The van der Waals surface area contributed by atoms with Crippen LogP contribution in [0.3, 0.4) is 0 Å². The fourth-order valence-electron chi connectivity index (χ4n) is 0.520. The van der Waals surface area contributed by atoms with Gasteiger partial charge in [-0.2, -0.15) is 0 Å². The zero-order valence-corrected chi connectivity index (χ0v) is 8.25. The van der Waals surface area contributed by atoms with Gasteiger partial charge in [0.25, 0.3) is 0 Å². The molecular weight excluding hydrogens is 174 g/mol. The minimum absolute atomic E-state index is 0.211. The molecule has 0 heterocycles. The van der Waals surface area contributed by atoms with Crippen LogP contribution in [0.1, 0.15) is 19.8 Å². The van der Waals surface area contributed by atoms with Gasteiger partial charge < -0.3 is 5.32 Å². The minimum Gasteiger partial charge on any atom is -0.341 e. The van der Waals surface area contributed by atoms with Crippen LogP contribution in [0.2, 0.25) is 0 Å². The Hall–Kier alpha value is -0.710. The summed E-state index contributed by atoms with van der Waals surface area (Å²) in [5.41, 5.74) is 0. The summed E-state index contributed by atoms with van der Waals surface area (Å²) in [6.07, 6.45) is 2.18. The molecule has 3 N–H and O–H groups in total. The average Bonchev–Trinajstić information content (AvgIpc) is 2.05. The van der Waals surface area contributed by atoms with Crippen LogP contribution in [0.5, 0.6) is 0 Å². The third-order valence-corrected chi connectivity index (χ3v) is 2.08. The van der Waals surface area contributed by atoms with Crippen molar-refractivity contribution in [2.45, 2.75) is 19.8 Å². The number of unbranched alkanes of at least 4 members (excludes halogenated alkanes) is 1. The van der Waals surface area contributed by atoms with E-state index in [4.69, 9.17) is 5.41 Å². The number of rotatable bonds is 3. The lowest BCUT2D eigenvalue weighted by molar-refractivity contribution is 0.247. The summed E-state index contributed by atoms with van der Waals surface area (Å²) in [6, 6.07) is -0.330. The number of urea groups is 1. The van der Waals surface area contributed by atoms with Gasteiger partial charge in [0, 0.05) is 12.8 Å². The van der Waals surface area contributed by atoms with Crippen molar-refractivity contribution >= 4 is 23.0 Å². The molecule has 5 heteroatoms. The molecular formula is C7H15N3OS. The van der Waals surface area contributed by atoms with E-state index in [0.29, 0.717) is 0 Å². The first-order valence-electron chi connectivity index (χ1n) is 3.90. The number of carbonyl (C=O) groups excluding carboxylic acids is 1. The van der Waals surface area contributed by atoms with Crippen LogP contribution < -0.4 is 10.6 Å². The predicted molar refractivity (Wildman–Crippen MR) is 52.7 cm³/mol. The highest BCUT2D eigenvalue weighted by molar-refractivity contribution is 8.13. The molecule has 0 radical (unpaired) electrons. The summed E-state index contributed by atoms with van der Waals surface area (Å²) in [5, 5.41) is 12.3. The standard InChI is InChI=1S/C7H15N3OS/c1-3-4-5-12-6(8)10-7(11)9-2/h3-5H2,1-2H3,(H3,8,9,10,11). The van der Waals surface area contributed by atoms with Crippen LogP contribution in [0.25, 0.3) is 0 Å². The highest BCUT2D eigenvalue weighted by Crippen LogP contribution is 2.03. The summed E-state index contributed by atoms with van der Waals surface area (Å²) in [5.74, 6) is 0.888. The highest BCUT2D eigenvalue weighted by Gasteiger charge is 2.00. The average molecular weight is 189 g/mol. The molecule has 0 fully saturated rings. The van der Waals surface area contributed by atoms with Gasteiger partial charge in [-0.3, -0.25) is 10.7 Å². The summed E-state index contributed by atoms with van der Waals surface area (Å²) in [6.45, 7) is 2.09. The van der Waals surface area contributed by atoms with Gasteiger partial charge in [0.2, 0.25) is 0 Å². The molecule has 0 saturated carbocycles. The zero-order chi connectivity index (χ0) is 9.40. The second-order valence-electron chi connectivity index (χ2n) is 2.24. The van der Waals surface area contributed by atoms with E-state index in [0.717, 1.165) is 18.6 Å². The largest absolute Gasteiger partial charge is 0.341 e. The lowest BCUT2D eigenvalue weighted by atomic mass is 10.4. The lowest BCUT2D eigenvalue weighted by Gasteiger charge is -2.04. The number of hydrogen-bond acceptors (Lipinski definition) is 3. The Morgan fingerprint density at radius 3 is 2.75 bits per heavy atom. The number of carbonyl (C=O) groups is 1. The van der Waals surface area contributed by atoms with E-state index >= 15 is 0 Å². The van der Waals surface area contributed by atoms with Crippen molar-refractivity contribution in [3.63, 3.8) is 0 Å². The maximum atomic E-state index is 10.7. The highest BCUT2D eigenvalue weighted by atomic mass is 32.2. The van der Waals surface area contributed by atoms with E-state index in [9.17, 15) is 4.79 Å². The quantitative estimate of drug-likeness (QED) is 0.357. The fraction of sp³-hybridized carbons (Fsp3) is 0.714. The van der Waals surface area contributed by atoms with Gasteiger partial charge in [-0.15, -0.1) is 0 Å². The van der Waals surface area contributed by atoms with Gasteiger partial charge in [0.15, 0.2) is 5.17 Å². The molecule has 0 aromatic carbocycles. The Morgan fingerprint density at radius 2 is 2.25 bits per heavy atom. The molecule has 70 valence electrons. The third kappa shape index (κ3) is 6.03. The number of amides is 2. The monoisotopic (exact) mass is 189 g/mol. The lowest BCUT2D eigenvalue weighted by Crippen LogP contribution is -2.35. The Labute approximate surface area is 77.0 Å².